The van der Waals surface area contributed by atoms with E-state index in [0.717, 1.165) is 12.1 Å². The van der Waals surface area contributed by atoms with E-state index in [1.165, 1.54) is 6.20 Å². The van der Waals surface area contributed by atoms with Crippen LogP contribution < -0.4 is 0 Å². The van der Waals surface area contributed by atoms with Crippen LogP contribution in [0.25, 0.3) is 0 Å². The molecule has 0 aliphatic carbocycles. The van der Waals surface area contributed by atoms with E-state index in [2.05, 4.69) is 20.9 Å². The van der Waals surface area contributed by atoms with Gasteiger partial charge in [-0.05, 0) is 28.1 Å². The molecule has 8 heteroatoms. The molecule has 3 nitrogen and oxygen atoms in total. The maximum atomic E-state index is 12.1. The molecule has 0 N–H and O–H groups in total. The molecular weight excluding hydrogens is 287 g/mol. The minimum Gasteiger partial charge on any atom is -0.248 e. The van der Waals surface area contributed by atoms with Gasteiger partial charge < -0.3 is 0 Å². The molecule has 0 aromatic carbocycles. The molecule has 0 aliphatic rings. The van der Waals surface area contributed by atoms with Crippen molar-refractivity contribution < 1.29 is 21.6 Å². The Balaban J connectivity index is 3.40. The summed E-state index contributed by atoms with van der Waals surface area (Å²) < 4.78 is 57.6. The van der Waals surface area contributed by atoms with Crippen LogP contribution in [0, 0.1) is 0 Å². The second kappa shape index (κ2) is 3.50. The lowest BCUT2D eigenvalue weighted by Crippen LogP contribution is -2.23. The van der Waals surface area contributed by atoms with E-state index < -0.39 is 20.2 Å². The highest BCUT2D eigenvalue weighted by Crippen LogP contribution is 2.32. The van der Waals surface area contributed by atoms with Crippen molar-refractivity contribution in [3.05, 3.63) is 22.9 Å². The lowest BCUT2D eigenvalue weighted by atomic mass is 10.5. The van der Waals surface area contributed by atoms with Crippen molar-refractivity contribution in [1.29, 1.82) is 0 Å². The van der Waals surface area contributed by atoms with Crippen LogP contribution in [0.4, 0.5) is 13.2 Å². The molecule has 1 aromatic heterocycles. The summed E-state index contributed by atoms with van der Waals surface area (Å²) in [4.78, 5) is 2.51. The number of pyridine rings is 1. The Morgan fingerprint density at radius 2 is 1.93 bits per heavy atom. The number of rotatable bonds is 1. The second-order valence-corrected chi connectivity index (χ2v) is 4.90. The first-order valence-electron chi connectivity index (χ1n) is 3.18. The Kier molecular flexibility index (Phi) is 2.86. The summed E-state index contributed by atoms with van der Waals surface area (Å²) in [6.07, 6.45) is 1.18. The normalized spacial score (nSPS) is 12.9. The van der Waals surface area contributed by atoms with E-state index in [0.29, 0.717) is 0 Å². The molecule has 78 valence electrons. The van der Waals surface area contributed by atoms with E-state index in [4.69, 9.17) is 0 Å². The summed E-state index contributed by atoms with van der Waals surface area (Å²) in [6.45, 7) is 0. The average molecular weight is 290 g/mol. The monoisotopic (exact) mass is 289 g/mol. The van der Waals surface area contributed by atoms with Gasteiger partial charge in [0.25, 0.3) is 9.84 Å². The lowest BCUT2D eigenvalue weighted by molar-refractivity contribution is -0.0436. The Morgan fingerprint density at radius 3 is 2.36 bits per heavy atom. The van der Waals surface area contributed by atoms with Crippen molar-refractivity contribution in [2.75, 3.05) is 0 Å². The van der Waals surface area contributed by atoms with Gasteiger partial charge in [-0.2, -0.15) is 13.2 Å². The zero-order valence-corrected chi connectivity index (χ0v) is 8.82. The van der Waals surface area contributed by atoms with E-state index in [1.807, 2.05) is 0 Å². The summed E-state index contributed by atoms with van der Waals surface area (Å²) in [5, 5.41) is 0. The topological polar surface area (TPSA) is 47.0 Å². The predicted molar refractivity (Wildman–Crippen MR) is 45.2 cm³/mol. The minimum absolute atomic E-state index is 0.350. The molecule has 0 radical (unpaired) electrons. The van der Waals surface area contributed by atoms with Gasteiger partial charge in [0.05, 0.1) is 0 Å². The highest BCUT2D eigenvalue weighted by Gasteiger charge is 2.47. The molecule has 0 spiro atoms. The zero-order valence-electron chi connectivity index (χ0n) is 6.42. The first-order valence-corrected chi connectivity index (χ1v) is 5.46. The number of sulfone groups is 1. The Hall–Kier alpha value is -0.630. The molecule has 0 amide bonds. The third-order valence-corrected chi connectivity index (χ3v) is 3.73. The van der Waals surface area contributed by atoms with Crippen molar-refractivity contribution in [3.63, 3.8) is 0 Å². The third-order valence-electron chi connectivity index (χ3n) is 1.32. The van der Waals surface area contributed by atoms with Crippen LogP contribution in [0.1, 0.15) is 0 Å². The van der Waals surface area contributed by atoms with Crippen molar-refractivity contribution in [2.45, 2.75) is 10.4 Å². The van der Waals surface area contributed by atoms with Crippen LogP contribution in [-0.4, -0.2) is 18.9 Å². The largest absolute Gasteiger partial charge is 0.502 e. The van der Waals surface area contributed by atoms with Crippen LogP contribution >= 0.6 is 15.9 Å². The highest BCUT2D eigenvalue weighted by atomic mass is 79.9. The molecule has 1 aromatic rings. The highest BCUT2D eigenvalue weighted by molar-refractivity contribution is 9.10. The Bertz CT molecular complexity index is 443. The molecule has 0 saturated carbocycles. The predicted octanol–water partition coefficient (Wildman–Crippen LogP) is 2.14. The molecule has 14 heavy (non-hydrogen) atoms. The standard InChI is InChI=1S/C6H3BrF3NO2S/c7-5-4(2-1-3-11-5)14(12,13)6(8,9)10/h1-3H. The Labute approximate surface area is 86.0 Å². The van der Waals surface area contributed by atoms with Gasteiger partial charge in [-0.25, -0.2) is 13.4 Å². The SMILES string of the molecule is O=S(=O)(c1cccnc1Br)C(F)(F)F. The lowest BCUT2D eigenvalue weighted by Gasteiger charge is -2.08. The van der Waals surface area contributed by atoms with Crippen LogP contribution in [0.5, 0.6) is 0 Å². The van der Waals surface area contributed by atoms with E-state index in [1.54, 1.807) is 0 Å². The van der Waals surface area contributed by atoms with Gasteiger partial charge in [-0.1, -0.05) is 0 Å². The first kappa shape index (κ1) is 11.4. The van der Waals surface area contributed by atoms with E-state index in [9.17, 15) is 21.6 Å². The van der Waals surface area contributed by atoms with Gasteiger partial charge >= 0.3 is 5.51 Å². The first-order chi connectivity index (χ1) is 6.27. The van der Waals surface area contributed by atoms with Gasteiger partial charge in [0.2, 0.25) is 0 Å². The fourth-order valence-electron chi connectivity index (χ4n) is 0.696. The Morgan fingerprint density at radius 1 is 1.36 bits per heavy atom. The summed E-state index contributed by atoms with van der Waals surface area (Å²) in [5.41, 5.74) is -5.31. The summed E-state index contributed by atoms with van der Waals surface area (Å²) >= 11 is 2.63. The van der Waals surface area contributed by atoms with Crippen molar-refractivity contribution in [3.8, 4) is 0 Å². The maximum absolute atomic E-state index is 12.1. The van der Waals surface area contributed by atoms with Crippen molar-refractivity contribution in [2.24, 2.45) is 0 Å². The van der Waals surface area contributed by atoms with Crippen LogP contribution in [0.2, 0.25) is 0 Å². The van der Waals surface area contributed by atoms with Crippen LogP contribution in [0.3, 0.4) is 0 Å². The van der Waals surface area contributed by atoms with Crippen molar-refractivity contribution in [1.82, 2.24) is 4.98 Å². The molecule has 0 unspecified atom stereocenters. The molecule has 0 bridgehead atoms. The summed E-state index contributed by atoms with van der Waals surface area (Å²) in [6, 6.07) is 1.95. The number of aromatic nitrogens is 1. The zero-order chi connectivity index (χ0) is 11.0. The fourth-order valence-corrected chi connectivity index (χ4v) is 2.37. The molecule has 0 fully saturated rings. The van der Waals surface area contributed by atoms with E-state index >= 15 is 0 Å². The minimum atomic E-state index is -5.32. The molecule has 1 rings (SSSR count). The molecule has 0 atom stereocenters. The van der Waals surface area contributed by atoms with Gasteiger partial charge in [0, 0.05) is 6.20 Å². The number of hydrogen-bond donors (Lipinski definition) is 0. The van der Waals surface area contributed by atoms with Gasteiger partial charge in [0.1, 0.15) is 9.50 Å². The summed E-state index contributed by atoms with van der Waals surface area (Å²) in [7, 11) is -5.32. The second-order valence-electron chi connectivity index (χ2n) is 2.24. The smallest absolute Gasteiger partial charge is 0.248 e. The van der Waals surface area contributed by atoms with Gasteiger partial charge in [-0.15, -0.1) is 0 Å². The van der Waals surface area contributed by atoms with Crippen LogP contribution in [0.15, 0.2) is 27.8 Å². The number of hydrogen-bond acceptors (Lipinski definition) is 3. The molecular formula is C6H3BrF3NO2S. The molecule has 0 saturated heterocycles. The number of alkyl halides is 3. The number of nitrogens with zero attached hydrogens (tertiary/aromatic N) is 1. The number of halogens is 4. The molecule has 1 heterocycles. The average Bonchev–Trinajstić information content (AvgIpc) is 2.02. The quantitative estimate of drug-likeness (QED) is 0.744. The maximum Gasteiger partial charge on any atom is 0.502 e. The van der Waals surface area contributed by atoms with Crippen LogP contribution in [-0.2, 0) is 9.84 Å². The van der Waals surface area contributed by atoms with E-state index in [-0.39, 0.29) is 4.60 Å². The molecule has 0 aliphatic heterocycles. The van der Waals surface area contributed by atoms with Gasteiger partial charge in [-0.3, -0.25) is 0 Å². The fraction of sp³-hybridized carbons (Fsp3) is 0.167. The third kappa shape index (κ3) is 1.90. The van der Waals surface area contributed by atoms with Crippen molar-refractivity contribution >= 4 is 25.8 Å². The van der Waals surface area contributed by atoms with Gasteiger partial charge in [0.15, 0.2) is 0 Å². The summed E-state index contributed by atoms with van der Waals surface area (Å²) in [5.74, 6) is 0.